The lowest BCUT2D eigenvalue weighted by Crippen LogP contribution is -2.31. The summed E-state index contributed by atoms with van der Waals surface area (Å²) in [4.78, 5) is 21.4. The summed E-state index contributed by atoms with van der Waals surface area (Å²) in [7, 11) is -2.84. The van der Waals surface area contributed by atoms with Gasteiger partial charge in [0.15, 0.2) is 5.52 Å². The minimum absolute atomic E-state index is 0.0484. The van der Waals surface area contributed by atoms with Crippen molar-refractivity contribution in [3.8, 4) is 17.1 Å². The third-order valence-corrected chi connectivity index (χ3v) is 7.07. The molecule has 2 atom stereocenters. The van der Waals surface area contributed by atoms with E-state index in [2.05, 4.69) is 19.8 Å². The highest BCUT2D eigenvalue weighted by Gasteiger charge is 2.23. The number of nitrogens with one attached hydrogen (secondary N) is 2. The first-order valence-corrected chi connectivity index (χ1v) is 13.0. The Morgan fingerprint density at radius 3 is 2.89 bits per heavy atom. The minimum Gasteiger partial charge on any atom is -0.493 e. The zero-order chi connectivity index (χ0) is 34.6. The third kappa shape index (κ3) is 5.47. The number of aromatic amines is 1. The average molecular weight is 527 g/mol. The zero-order valence-corrected chi connectivity index (χ0v) is 21.1. The van der Waals surface area contributed by atoms with Crippen molar-refractivity contribution in [3.63, 3.8) is 0 Å². The van der Waals surface area contributed by atoms with Gasteiger partial charge in [-0.3, -0.25) is 9.48 Å². The van der Waals surface area contributed by atoms with Crippen molar-refractivity contribution in [2.24, 2.45) is 6.98 Å². The molecule has 196 valence electrons. The van der Waals surface area contributed by atoms with E-state index in [0.717, 1.165) is 13.0 Å². The third-order valence-electron chi connectivity index (χ3n) is 5.76. The van der Waals surface area contributed by atoms with Crippen molar-refractivity contribution in [1.29, 1.82) is 0 Å². The van der Waals surface area contributed by atoms with Gasteiger partial charge in [-0.1, -0.05) is 20.2 Å². The second-order valence-electron chi connectivity index (χ2n) is 8.32. The van der Waals surface area contributed by atoms with Crippen LogP contribution >= 0.6 is 0 Å². The molecule has 3 aromatic rings. The summed E-state index contributed by atoms with van der Waals surface area (Å²) in [6.45, 7) is -1.44. The minimum atomic E-state index is -4.55. The fraction of sp³-hybridized carbons (Fsp3) is 0.560. The molecule has 0 amide bonds. The molecule has 0 aliphatic carbocycles. The summed E-state index contributed by atoms with van der Waals surface area (Å²) in [5.41, 5.74) is -3.14. The fourth-order valence-electron chi connectivity index (χ4n) is 3.95. The topological polar surface area (TPSA) is 122 Å². The van der Waals surface area contributed by atoms with Crippen LogP contribution in [0.4, 0.5) is 0 Å². The summed E-state index contributed by atoms with van der Waals surface area (Å²) in [5, 5.41) is 3.78. The van der Waals surface area contributed by atoms with E-state index >= 15 is 0 Å². The molecule has 4 rings (SSSR count). The van der Waals surface area contributed by atoms with Gasteiger partial charge in [0, 0.05) is 33.2 Å². The van der Waals surface area contributed by atoms with Gasteiger partial charge in [0.05, 0.1) is 22.8 Å². The predicted octanol–water partition coefficient (Wildman–Crippen LogP) is 2.83. The van der Waals surface area contributed by atoms with Crippen molar-refractivity contribution < 1.29 is 26.9 Å². The molecule has 0 radical (unpaired) electrons. The Hall–Kier alpha value is -2.76. The van der Waals surface area contributed by atoms with E-state index in [1.54, 1.807) is 11.9 Å². The van der Waals surface area contributed by atoms with Gasteiger partial charge in [-0.15, -0.1) is 0 Å². The van der Waals surface area contributed by atoms with Gasteiger partial charge >= 0.3 is 0 Å². The number of aryl methyl sites for hydroxylation is 2. The maximum absolute atomic E-state index is 13.5. The summed E-state index contributed by atoms with van der Waals surface area (Å²) in [6, 6.07) is 2.83. The van der Waals surface area contributed by atoms with Crippen LogP contribution in [0.1, 0.15) is 65.3 Å². The van der Waals surface area contributed by atoms with Crippen molar-refractivity contribution in [1.82, 2.24) is 29.4 Å². The molecule has 11 heteroatoms. The molecule has 1 aromatic carbocycles. The smallest absolute Gasteiger partial charge is 0.277 e. The van der Waals surface area contributed by atoms with Gasteiger partial charge in [0.2, 0.25) is 10.0 Å². The molecule has 0 spiro atoms. The predicted molar refractivity (Wildman–Crippen MR) is 140 cm³/mol. The molecular formula is C25H36N6O4S. The highest BCUT2D eigenvalue weighted by atomic mass is 32.2. The van der Waals surface area contributed by atoms with Crippen LogP contribution in [0.15, 0.2) is 27.9 Å². The summed E-state index contributed by atoms with van der Waals surface area (Å²) in [6.07, 6.45) is -6.07. The van der Waals surface area contributed by atoms with Crippen LogP contribution in [0.25, 0.3) is 22.4 Å². The number of sulfonamides is 1. The van der Waals surface area contributed by atoms with E-state index in [1.165, 1.54) is 12.1 Å². The van der Waals surface area contributed by atoms with Gasteiger partial charge in [-0.2, -0.15) is 5.10 Å². The van der Waals surface area contributed by atoms with Crippen LogP contribution in [0, 0.1) is 0 Å². The molecule has 1 aliphatic heterocycles. The van der Waals surface area contributed by atoms with Crippen LogP contribution in [0.5, 0.6) is 5.75 Å². The molecule has 2 aromatic heterocycles. The Balaban J connectivity index is 1.89. The van der Waals surface area contributed by atoms with Crippen LogP contribution < -0.4 is 15.0 Å². The molecule has 1 aliphatic rings. The number of H-pyrrole nitrogens is 1. The Bertz CT molecular complexity index is 1770. The van der Waals surface area contributed by atoms with E-state index in [1.807, 2.05) is 6.92 Å². The van der Waals surface area contributed by atoms with Gasteiger partial charge in [0.1, 0.15) is 17.1 Å². The zero-order valence-electron chi connectivity index (χ0n) is 30.3. The van der Waals surface area contributed by atoms with Crippen molar-refractivity contribution in [2.45, 2.75) is 63.2 Å². The first kappa shape index (κ1) is 16.2. The first-order valence-electron chi connectivity index (χ1n) is 16.6. The molecular weight excluding hydrogens is 480 g/mol. The highest BCUT2D eigenvalue weighted by molar-refractivity contribution is 7.89. The number of hydrogen-bond donors (Lipinski definition) is 2. The lowest BCUT2D eigenvalue weighted by Gasteiger charge is -2.19. The van der Waals surface area contributed by atoms with E-state index < -0.39 is 75.9 Å². The van der Waals surface area contributed by atoms with E-state index in [9.17, 15) is 13.2 Å². The van der Waals surface area contributed by atoms with E-state index in [4.69, 9.17) is 18.4 Å². The Morgan fingerprint density at radius 2 is 2.19 bits per heavy atom. The van der Waals surface area contributed by atoms with Gasteiger partial charge < -0.3 is 14.6 Å². The van der Waals surface area contributed by atoms with Gasteiger partial charge in [-0.25, -0.2) is 18.1 Å². The molecule has 36 heavy (non-hydrogen) atoms. The first-order chi connectivity index (χ1) is 21.0. The van der Waals surface area contributed by atoms with Crippen LogP contribution in [-0.2, 0) is 23.4 Å². The Morgan fingerprint density at radius 1 is 1.36 bits per heavy atom. The number of hydrogen-bond acceptors (Lipinski definition) is 7. The lowest BCUT2D eigenvalue weighted by atomic mass is 10.1. The molecule has 2 unspecified atom stereocenters. The summed E-state index contributed by atoms with van der Waals surface area (Å²) in [5.74, 6) is -0.308. The van der Waals surface area contributed by atoms with E-state index in [0.29, 0.717) is 30.5 Å². The second-order valence-corrected chi connectivity index (χ2v) is 10.0. The van der Waals surface area contributed by atoms with Crippen molar-refractivity contribution in [2.75, 3.05) is 26.7 Å². The van der Waals surface area contributed by atoms with Crippen LogP contribution in [0.2, 0.25) is 0 Å². The van der Waals surface area contributed by atoms with Crippen molar-refractivity contribution >= 4 is 21.1 Å². The SMILES string of the molecule is [2H]C(NS(=O)(=O)c1ccc(OCCC)c(-c2nc3c(C([2H])([2H])C([2H])([2H])C)nn(C([2H])([2H])[2H])c3c(=O)[nH]2)c1)C([2H])([2H])C1CCCN1C. The molecule has 1 fully saturated rings. The summed E-state index contributed by atoms with van der Waals surface area (Å²) >= 11 is 0. The highest BCUT2D eigenvalue weighted by Crippen LogP contribution is 2.31. The van der Waals surface area contributed by atoms with E-state index in [-0.39, 0.29) is 23.7 Å². The molecule has 2 N–H and O–H groups in total. The number of nitrogens with zero attached hydrogens (tertiary/aromatic N) is 4. The maximum atomic E-state index is 13.5. The maximum Gasteiger partial charge on any atom is 0.277 e. The van der Waals surface area contributed by atoms with Crippen LogP contribution in [0.3, 0.4) is 0 Å². The van der Waals surface area contributed by atoms with Crippen LogP contribution in [-0.4, -0.2) is 65.8 Å². The summed E-state index contributed by atoms with van der Waals surface area (Å²) < 4.78 is 117. The Labute approximate surface area is 226 Å². The number of benzene rings is 1. The van der Waals surface area contributed by atoms with Gasteiger partial charge in [0.25, 0.3) is 5.56 Å². The fourth-order valence-corrected chi connectivity index (χ4v) is 4.83. The number of ether oxygens (including phenoxy) is 1. The Kier molecular flexibility index (Phi) is 4.98. The number of likely N-dealkylation sites (tertiary alicyclic amines) is 1. The number of fused-ring (bicyclic) bond motifs is 1. The quantitative estimate of drug-likeness (QED) is 0.394. The monoisotopic (exact) mass is 526 g/mol. The molecule has 3 heterocycles. The largest absolute Gasteiger partial charge is 0.493 e. The standard InChI is InChI=1S/C25H36N6O4S/c1-5-8-20-22-23(31(4)29-20)25(32)28-24(27-22)19-16-18(10-11-21(19)35-15-6-2)36(33,34)26-13-12-17-9-7-14-30(17)3/h10-11,16-17,26H,5-9,12-15H2,1-4H3,(H,27,28,32)/i4D3,5D2,8D2,12D2,13D. The lowest BCUT2D eigenvalue weighted by molar-refractivity contribution is 0.297. The molecule has 0 bridgehead atoms. The molecule has 0 saturated carbocycles. The van der Waals surface area contributed by atoms with Gasteiger partial charge in [-0.05, 0) is 63.8 Å². The molecule has 10 nitrogen and oxygen atoms in total. The van der Waals surface area contributed by atoms with Crippen molar-refractivity contribution in [3.05, 3.63) is 34.2 Å². The number of aromatic nitrogens is 4. The molecule has 1 saturated heterocycles. The second kappa shape index (κ2) is 11.1. The number of rotatable bonds is 11. The average Bonchev–Trinajstić information content (AvgIpc) is 3.55. The normalized spacial score (nSPS) is 23.2.